The lowest BCUT2D eigenvalue weighted by Crippen LogP contribution is -2.16. The first-order valence-corrected chi connectivity index (χ1v) is 10.7. The van der Waals surface area contributed by atoms with Gasteiger partial charge in [0.1, 0.15) is 0 Å². The first-order chi connectivity index (χ1) is 15.3. The van der Waals surface area contributed by atoms with E-state index in [1.165, 1.54) is 12.1 Å². The molecule has 1 aliphatic carbocycles. The first kappa shape index (κ1) is 22.5. The highest BCUT2D eigenvalue weighted by atomic mass is 19.2. The minimum absolute atomic E-state index is 0.0139. The minimum atomic E-state index is -1.55. The zero-order valence-electron chi connectivity index (χ0n) is 17.4. The molecule has 0 amide bonds. The van der Waals surface area contributed by atoms with E-state index in [-0.39, 0.29) is 35.6 Å². The molecule has 1 nitrogen and oxygen atoms in total. The molecule has 1 aliphatic rings. The van der Waals surface area contributed by atoms with Crippen LogP contribution >= 0.6 is 0 Å². The molecule has 1 saturated carbocycles. The zero-order chi connectivity index (χ0) is 22.8. The third-order valence-corrected chi connectivity index (χ3v) is 6.28. The summed E-state index contributed by atoms with van der Waals surface area (Å²) in [6.45, 7) is 0. The van der Waals surface area contributed by atoms with Gasteiger partial charge < -0.3 is 5.11 Å². The van der Waals surface area contributed by atoms with Crippen LogP contribution < -0.4 is 0 Å². The van der Waals surface area contributed by atoms with Crippen molar-refractivity contribution in [3.63, 3.8) is 0 Å². The van der Waals surface area contributed by atoms with Gasteiger partial charge in [-0.1, -0.05) is 36.4 Å². The minimum Gasteiger partial charge on any atom is -0.393 e. The van der Waals surface area contributed by atoms with Gasteiger partial charge in [0.05, 0.1) is 6.10 Å². The predicted octanol–water partition coefficient (Wildman–Crippen LogP) is 6.85. The van der Waals surface area contributed by atoms with E-state index < -0.39 is 29.1 Å². The maximum Gasteiger partial charge on any atom is 0.194 e. The molecule has 1 N–H and O–H groups in total. The normalized spacial score (nSPS) is 18.7. The Morgan fingerprint density at radius 3 is 1.94 bits per heavy atom. The summed E-state index contributed by atoms with van der Waals surface area (Å²) in [6, 6.07) is 12.0. The summed E-state index contributed by atoms with van der Waals surface area (Å²) >= 11 is 0. The molecule has 0 bridgehead atoms. The second-order valence-corrected chi connectivity index (χ2v) is 8.40. The molecule has 3 aromatic rings. The molecule has 0 aliphatic heterocycles. The largest absolute Gasteiger partial charge is 0.393 e. The monoisotopic (exact) mass is 446 g/mol. The summed E-state index contributed by atoms with van der Waals surface area (Å²) in [5, 5.41) is 9.66. The van der Waals surface area contributed by atoms with Crippen molar-refractivity contribution in [2.24, 2.45) is 0 Å². The molecular formula is C26H23F5O. The third kappa shape index (κ3) is 4.70. The van der Waals surface area contributed by atoms with Gasteiger partial charge in [-0.3, -0.25) is 0 Å². The fourth-order valence-electron chi connectivity index (χ4n) is 4.38. The lowest BCUT2D eigenvalue weighted by atomic mass is 9.82. The molecule has 4 rings (SSSR count). The maximum absolute atomic E-state index is 14.8. The predicted molar refractivity (Wildman–Crippen MR) is 113 cm³/mol. The van der Waals surface area contributed by atoms with Gasteiger partial charge in [-0.15, -0.1) is 0 Å². The molecule has 1 fully saturated rings. The van der Waals surface area contributed by atoms with Crippen LogP contribution in [0.15, 0.2) is 48.5 Å². The van der Waals surface area contributed by atoms with Crippen LogP contribution in [0.5, 0.6) is 0 Å². The van der Waals surface area contributed by atoms with Crippen LogP contribution in [-0.2, 0) is 12.8 Å². The maximum atomic E-state index is 14.8. The summed E-state index contributed by atoms with van der Waals surface area (Å²) in [5.74, 6) is -5.80. The van der Waals surface area contributed by atoms with Crippen molar-refractivity contribution < 1.29 is 27.1 Å². The van der Waals surface area contributed by atoms with Crippen molar-refractivity contribution in [1.29, 1.82) is 0 Å². The third-order valence-electron chi connectivity index (χ3n) is 6.28. The fraction of sp³-hybridized carbons (Fsp3) is 0.308. The van der Waals surface area contributed by atoms with Crippen LogP contribution in [0.25, 0.3) is 11.1 Å². The summed E-state index contributed by atoms with van der Waals surface area (Å²) in [6.07, 6.45) is 3.16. The van der Waals surface area contributed by atoms with Gasteiger partial charge in [-0.25, -0.2) is 22.0 Å². The molecule has 0 heterocycles. The summed E-state index contributed by atoms with van der Waals surface area (Å²) < 4.78 is 69.2. The van der Waals surface area contributed by atoms with E-state index in [2.05, 4.69) is 0 Å². The van der Waals surface area contributed by atoms with E-state index in [0.717, 1.165) is 43.4 Å². The van der Waals surface area contributed by atoms with E-state index in [9.17, 15) is 27.1 Å². The Morgan fingerprint density at radius 2 is 1.31 bits per heavy atom. The van der Waals surface area contributed by atoms with Crippen molar-refractivity contribution in [3.8, 4) is 11.1 Å². The molecule has 0 saturated heterocycles. The lowest BCUT2D eigenvalue weighted by molar-refractivity contribution is 0.122. The topological polar surface area (TPSA) is 20.2 Å². The SMILES string of the molecule is OC1CCC(c2ccc(-c3ccc(CCc4cc(F)c(F)c(F)c4)c(F)c3F)cc2)CC1. The van der Waals surface area contributed by atoms with Crippen molar-refractivity contribution in [2.45, 2.75) is 50.5 Å². The number of benzene rings is 3. The Morgan fingerprint density at radius 1 is 0.688 bits per heavy atom. The zero-order valence-corrected chi connectivity index (χ0v) is 17.4. The highest BCUT2D eigenvalue weighted by molar-refractivity contribution is 5.65. The Bertz CT molecular complexity index is 1080. The van der Waals surface area contributed by atoms with Gasteiger partial charge >= 0.3 is 0 Å². The van der Waals surface area contributed by atoms with Crippen molar-refractivity contribution in [3.05, 3.63) is 94.3 Å². The summed E-state index contributed by atoms with van der Waals surface area (Å²) in [4.78, 5) is 0. The molecule has 32 heavy (non-hydrogen) atoms. The average Bonchev–Trinajstić information content (AvgIpc) is 2.79. The van der Waals surface area contributed by atoms with Crippen LogP contribution in [-0.4, -0.2) is 11.2 Å². The van der Waals surface area contributed by atoms with Gasteiger partial charge in [0.25, 0.3) is 0 Å². The molecule has 0 aromatic heterocycles. The number of halogens is 5. The van der Waals surface area contributed by atoms with E-state index in [1.54, 1.807) is 12.1 Å². The molecule has 0 atom stereocenters. The Kier molecular flexibility index (Phi) is 6.60. The summed E-state index contributed by atoms with van der Waals surface area (Å²) in [5.41, 5.74) is 2.05. The van der Waals surface area contributed by atoms with E-state index in [0.29, 0.717) is 11.5 Å². The van der Waals surface area contributed by atoms with Gasteiger partial charge in [0.15, 0.2) is 29.1 Å². The van der Waals surface area contributed by atoms with Gasteiger partial charge in [-0.2, -0.15) is 0 Å². The fourth-order valence-corrected chi connectivity index (χ4v) is 4.38. The number of rotatable bonds is 5. The molecule has 3 aromatic carbocycles. The molecule has 6 heteroatoms. The van der Waals surface area contributed by atoms with Gasteiger partial charge in [0, 0.05) is 5.56 Å². The number of aliphatic hydroxyl groups excluding tert-OH is 1. The van der Waals surface area contributed by atoms with E-state index >= 15 is 0 Å². The highest BCUT2D eigenvalue weighted by Crippen LogP contribution is 2.34. The highest BCUT2D eigenvalue weighted by Gasteiger charge is 2.21. The van der Waals surface area contributed by atoms with E-state index in [4.69, 9.17) is 0 Å². The molecule has 0 unspecified atom stereocenters. The van der Waals surface area contributed by atoms with Crippen LogP contribution in [0.2, 0.25) is 0 Å². The van der Waals surface area contributed by atoms with Crippen molar-refractivity contribution >= 4 is 0 Å². The Hall–Kier alpha value is -2.73. The smallest absolute Gasteiger partial charge is 0.194 e. The standard InChI is InChI=1S/C26H23F5O/c27-22-13-15(14-23(28)26(22)31)1-2-19-9-12-21(25(30)24(19)29)18-5-3-16(4-6-18)17-7-10-20(32)11-8-17/h3-6,9,12-14,17,20,32H,1-2,7-8,10-11H2. The average molecular weight is 446 g/mol. The number of aryl methyl sites for hydroxylation is 2. The molecule has 0 spiro atoms. The van der Waals surface area contributed by atoms with Crippen LogP contribution in [0.3, 0.4) is 0 Å². The second kappa shape index (κ2) is 9.41. The van der Waals surface area contributed by atoms with E-state index in [1.807, 2.05) is 12.1 Å². The van der Waals surface area contributed by atoms with Crippen LogP contribution in [0.1, 0.15) is 48.3 Å². The number of hydrogen-bond donors (Lipinski definition) is 1. The number of hydrogen-bond acceptors (Lipinski definition) is 1. The van der Waals surface area contributed by atoms with Crippen LogP contribution in [0.4, 0.5) is 22.0 Å². The summed E-state index contributed by atoms with van der Waals surface area (Å²) in [7, 11) is 0. The molecule has 0 radical (unpaired) electrons. The van der Waals surface area contributed by atoms with Crippen LogP contribution in [0, 0.1) is 29.1 Å². The van der Waals surface area contributed by atoms with Gasteiger partial charge in [-0.05, 0) is 78.8 Å². The lowest BCUT2D eigenvalue weighted by Gasteiger charge is -2.25. The first-order valence-electron chi connectivity index (χ1n) is 10.7. The molecule has 168 valence electrons. The second-order valence-electron chi connectivity index (χ2n) is 8.40. The quantitative estimate of drug-likeness (QED) is 0.336. The Labute approximate surface area is 183 Å². The van der Waals surface area contributed by atoms with Crippen molar-refractivity contribution in [2.75, 3.05) is 0 Å². The van der Waals surface area contributed by atoms with Gasteiger partial charge in [0.2, 0.25) is 0 Å². The van der Waals surface area contributed by atoms with Crippen molar-refractivity contribution in [1.82, 2.24) is 0 Å². The number of aliphatic hydroxyl groups is 1. The Balaban J connectivity index is 1.49. The molecular weight excluding hydrogens is 423 g/mol.